The molecule has 3 aliphatic heterocycles. The van der Waals surface area contributed by atoms with Crippen molar-refractivity contribution in [3.05, 3.63) is 69.8 Å². The molecule has 3 aromatic heterocycles. The lowest BCUT2D eigenvalue weighted by molar-refractivity contribution is -0.154. The number of aryl methyl sites for hydroxylation is 3. The van der Waals surface area contributed by atoms with Crippen LogP contribution >= 0.6 is 0 Å². The molecule has 3 aliphatic rings. The number of nitrogens with one attached hydrogen (secondary N) is 2. The Kier molecular flexibility index (Phi) is 7.07. The normalized spacial score (nSPS) is 16.6. The minimum Gasteiger partial charge on any atom is -0.465 e. The number of aromatic nitrogens is 4. The monoisotopic (exact) mass is 550 g/mol. The van der Waals surface area contributed by atoms with Crippen LogP contribution in [-0.4, -0.2) is 45.1 Å². The summed E-state index contributed by atoms with van der Waals surface area (Å²) in [6, 6.07) is 10.6. The zero-order valence-electron chi connectivity index (χ0n) is 23.9. The second kappa shape index (κ2) is 10.8. The fourth-order valence-electron chi connectivity index (χ4n) is 5.74. The number of cyclic esters (lactones) is 2. The molecule has 0 spiro atoms. The molecule has 0 atom stereocenters. The van der Waals surface area contributed by atoms with Gasteiger partial charge in [0.2, 0.25) is 0 Å². The molecular formula is C33H34N4O4. The summed E-state index contributed by atoms with van der Waals surface area (Å²) in [6.07, 6.45) is 4.36. The predicted octanol–water partition coefficient (Wildman–Crippen LogP) is 6.63. The van der Waals surface area contributed by atoms with Gasteiger partial charge in [-0.15, -0.1) is 0 Å². The molecule has 3 aromatic rings. The van der Waals surface area contributed by atoms with Crippen LogP contribution in [0.1, 0.15) is 79.0 Å². The Morgan fingerprint density at radius 2 is 1.49 bits per heavy atom. The lowest BCUT2D eigenvalue weighted by Crippen LogP contribution is -2.15. The summed E-state index contributed by atoms with van der Waals surface area (Å²) in [4.78, 5) is 41.5. The lowest BCUT2D eigenvalue weighted by Gasteiger charge is -2.09. The minimum absolute atomic E-state index is 0.223. The number of nitrogens with zero attached hydrogens (tertiary/aromatic N) is 2. The Morgan fingerprint density at radius 1 is 0.732 bits per heavy atom. The van der Waals surface area contributed by atoms with Crippen LogP contribution in [0.25, 0.3) is 44.9 Å². The fraction of sp³-hybridized carbons (Fsp3) is 0.333. The summed E-state index contributed by atoms with van der Waals surface area (Å²) in [5.74, 6) is -1.11. The van der Waals surface area contributed by atoms with Crippen LogP contribution in [0.3, 0.4) is 0 Å². The van der Waals surface area contributed by atoms with Crippen molar-refractivity contribution >= 4 is 56.8 Å². The summed E-state index contributed by atoms with van der Waals surface area (Å²) in [5.41, 5.74) is 14.4. The highest BCUT2D eigenvalue weighted by Crippen LogP contribution is 2.35. The molecule has 8 nitrogen and oxygen atoms in total. The Hall–Kier alpha value is -4.46. The molecule has 0 unspecified atom stereocenters. The quantitative estimate of drug-likeness (QED) is 0.240. The first-order valence-electron chi connectivity index (χ1n) is 14.2. The highest BCUT2D eigenvalue weighted by Gasteiger charge is 2.20. The van der Waals surface area contributed by atoms with Gasteiger partial charge in [-0.1, -0.05) is 0 Å². The van der Waals surface area contributed by atoms with Gasteiger partial charge in [-0.05, 0) is 123 Å². The van der Waals surface area contributed by atoms with Crippen LogP contribution in [0, 0.1) is 13.8 Å². The maximum absolute atomic E-state index is 12.1. The maximum Gasteiger partial charge on any atom is 0.317 e. The van der Waals surface area contributed by atoms with E-state index in [1.165, 1.54) is 0 Å². The van der Waals surface area contributed by atoms with Crippen LogP contribution in [0.5, 0.6) is 0 Å². The molecule has 8 bridgehead atoms. The van der Waals surface area contributed by atoms with E-state index in [0.717, 1.165) is 78.3 Å². The summed E-state index contributed by atoms with van der Waals surface area (Å²) < 4.78 is 10.7. The summed E-state index contributed by atoms with van der Waals surface area (Å²) >= 11 is 0. The van der Waals surface area contributed by atoms with Crippen LogP contribution in [-0.2, 0) is 25.5 Å². The van der Waals surface area contributed by atoms with Crippen molar-refractivity contribution in [3.8, 4) is 0 Å². The summed E-state index contributed by atoms with van der Waals surface area (Å²) in [7, 11) is 0. The zero-order valence-corrected chi connectivity index (χ0v) is 23.9. The van der Waals surface area contributed by atoms with Crippen molar-refractivity contribution in [1.29, 1.82) is 0 Å². The Balaban J connectivity index is 1.61. The molecule has 2 N–H and O–H groups in total. The number of allylic oxidation sites excluding steroid dienone is 3. The number of ether oxygens (including phenoxy) is 2. The standard InChI is InChI=1S/C33H34N4O4/c1-18-11-23-14-28-20(3)24-7-5-9-40-32(38)17-33(39)41-10-6-8-25-21(4)29(37-31(25)16-30(24)36-28)15-27-19(2)12-22(35-27)13-26(18)34-23/h11-16,34,36H,5-10,17H2,1-4H3. The summed E-state index contributed by atoms with van der Waals surface area (Å²) in [5, 5.41) is 0. The second-order valence-corrected chi connectivity index (χ2v) is 11.0. The first kappa shape index (κ1) is 26.7. The molecule has 0 amide bonds. The van der Waals surface area contributed by atoms with Gasteiger partial charge < -0.3 is 19.4 Å². The fourth-order valence-corrected chi connectivity index (χ4v) is 5.74. The molecule has 8 heteroatoms. The van der Waals surface area contributed by atoms with E-state index in [9.17, 15) is 9.59 Å². The van der Waals surface area contributed by atoms with Crippen molar-refractivity contribution in [2.24, 2.45) is 0 Å². The molecule has 6 heterocycles. The first-order valence-corrected chi connectivity index (χ1v) is 14.2. The highest BCUT2D eigenvalue weighted by atomic mass is 16.6. The topological polar surface area (TPSA) is 110 Å². The van der Waals surface area contributed by atoms with E-state index in [-0.39, 0.29) is 19.6 Å². The number of carbonyl (C=O) groups is 2. The molecular weight excluding hydrogens is 516 g/mol. The van der Waals surface area contributed by atoms with Gasteiger partial charge in [-0.3, -0.25) is 9.59 Å². The minimum atomic E-state index is -0.557. The van der Waals surface area contributed by atoms with Crippen molar-refractivity contribution in [2.45, 2.75) is 59.8 Å². The van der Waals surface area contributed by atoms with E-state index < -0.39 is 11.9 Å². The van der Waals surface area contributed by atoms with E-state index in [4.69, 9.17) is 19.4 Å². The molecule has 6 rings (SSSR count). The van der Waals surface area contributed by atoms with Crippen LogP contribution < -0.4 is 0 Å². The third-order valence-electron chi connectivity index (χ3n) is 8.04. The number of H-pyrrole nitrogens is 2. The van der Waals surface area contributed by atoms with Gasteiger partial charge in [0, 0.05) is 22.1 Å². The first-order chi connectivity index (χ1) is 19.7. The number of fused-ring (bicyclic) bond motifs is 6. The van der Waals surface area contributed by atoms with Gasteiger partial charge in [-0.25, -0.2) is 9.97 Å². The van der Waals surface area contributed by atoms with E-state index >= 15 is 0 Å². The smallest absolute Gasteiger partial charge is 0.317 e. The Labute approximate surface area is 238 Å². The molecule has 0 saturated carbocycles. The van der Waals surface area contributed by atoms with Crippen molar-refractivity contribution < 1.29 is 19.1 Å². The molecule has 0 radical (unpaired) electrons. The molecule has 41 heavy (non-hydrogen) atoms. The average Bonchev–Trinajstić information content (AvgIpc) is 3.61. The largest absolute Gasteiger partial charge is 0.465 e. The van der Waals surface area contributed by atoms with Gasteiger partial charge in [0.05, 0.1) is 36.0 Å². The van der Waals surface area contributed by atoms with Gasteiger partial charge in [0.25, 0.3) is 0 Å². The SMILES string of the molecule is CC1=Cc2cc3[nH]c(cc3C)cc3[nH]c4cc5nc(cc1n2)C(C)=C5CCCOC(=O)CC(=O)OCCCc4c3C. The third-order valence-corrected chi connectivity index (χ3v) is 8.04. The number of esters is 2. The van der Waals surface area contributed by atoms with E-state index in [2.05, 4.69) is 74.1 Å². The average molecular weight is 551 g/mol. The Morgan fingerprint density at radius 3 is 2.27 bits per heavy atom. The Bertz CT molecular complexity index is 1800. The van der Waals surface area contributed by atoms with E-state index in [0.29, 0.717) is 25.7 Å². The zero-order chi connectivity index (χ0) is 28.7. The van der Waals surface area contributed by atoms with Crippen LogP contribution in [0.15, 0.2) is 30.3 Å². The van der Waals surface area contributed by atoms with Gasteiger partial charge in [0.15, 0.2) is 0 Å². The number of aromatic amines is 2. The molecule has 0 saturated heterocycles. The van der Waals surface area contributed by atoms with Crippen LogP contribution in [0.4, 0.5) is 0 Å². The highest BCUT2D eigenvalue weighted by molar-refractivity contribution is 5.93. The molecule has 0 aromatic carbocycles. The number of rotatable bonds is 0. The van der Waals surface area contributed by atoms with Crippen LogP contribution in [0.2, 0.25) is 0 Å². The number of hydrogen-bond acceptors (Lipinski definition) is 6. The molecule has 0 aliphatic carbocycles. The van der Waals surface area contributed by atoms with Gasteiger partial charge >= 0.3 is 11.9 Å². The lowest BCUT2D eigenvalue weighted by atomic mass is 10.0. The summed E-state index contributed by atoms with van der Waals surface area (Å²) in [6.45, 7) is 8.84. The predicted molar refractivity (Wildman–Crippen MR) is 161 cm³/mol. The molecule has 210 valence electrons. The number of hydrogen-bond donors (Lipinski definition) is 2. The van der Waals surface area contributed by atoms with E-state index in [1.54, 1.807) is 0 Å². The van der Waals surface area contributed by atoms with Crippen molar-refractivity contribution in [1.82, 2.24) is 19.9 Å². The van der Waals surface area contributed by atoms with Crippen molar-refractivity contribution in [2.75, 3.05) is 13.2 Å². The van der Waals surface area contributed by atoms with Crippen molar-refractivity contribution in [3.63, 3.8) is 0 Å². The van der Waals surface area contributed by atoms with E-state index in [1.807, 2.05) is 0 Å². The number of carbonyl (C=O) groups excluding carboxylic acids is 2. The maximum atomic E-state index is 12.1. The molecule has 0 fully saturated rings. The van der Waals surface area contributed by atoms with Gasteiger partial charge in [-0.2, -0.15) is 0 Å². The van der Waals surface area contributed by atoms with Gasteiger partial charge in [0.1, 0.15) is 6.42 Å². The second-order valence-electron chi connectivity index (χ2n) is 11.0. The third kappa shape index (κ3) is 5.46.